The van der Waals surface area contributed by atoms with Crippen LogP contribution in [-0.4, -0.2) is 56.1 Å². The van der Waals surface area contributed by atoms with E-state index in [1.807, 2.05) is 4.90 Å². The minimum atomic E-state index is -4.17. The van der Waals surface area contributed by atoms with E-state index in [0.717, 1.165) is 4.31 Å². The van der Waals surface area contributed by atoms with Gasteiger partial charge in [-0.1, -0.05) is 47.5 Å². The Morgan fingerprint density at radius 3 is 2.32 bits per heavy atom. The van der Waals surface area contributed by atoms with Crippen LogP contribution in [0.25, 0.3) is 0 Å². The molecular formula is C30H28Cl2N4O6S2. The third-order valence-electron chi connectivity index (χ3n) is 6.90. The normalized spacial score (nSPS) is 13.8. The largest absolute Gasteiger partial charge is 0.378 e. The zero-order valence-corrected chi connectivity index (χ0v) is 26.5. The summed E-state index contributed by atoms with van der Waals surface area (Å²) in [4.78, 5) is 15.0. The van der Waals surface area contributed by atoms with E-state index in [0.29, 0.717) is 42.7 Å². The maximum absolute atomic E-state index is 13.7. The first-order valence-electron chi connectivity index (χ1n) is 13.4. The molecule has 1 fully saturated rings. The van der Waals surface area contributed by atoms with Gasteiger partial charge in [-0.3, -0.25) is 13.8 Å². The van der Waals surface area contributed by atoms with Crippen molar-refractivity contribution in [1.82, 2.24) is 0 Å². The number of amides is 1. The summed E-state index contributed by atoms with van der Waals surface area (Å²) in [5.41, 5.74) is 1.24. The number of para-hydroxylation sites is 1. The second-order valence-corrected chi connectivity index (χ2v) is 14.3. The lowest BCUT2D eigenvalue weighted by atomic mass is 10.2. The van der Waals surface area contributed by atoms with Gasteiger partial charge in [0.05, 0.1) is 40.2 Å². The molecule has 0 atom stereocenters. The van der Waals surface area contributed by atoms with E-state index in [4.69, 9.17) is 27.9 Å². The lowest BCUT2D eigenvalue weighted by molar-refractivity contribution is 0.102. The number of halogens is 2. The fourth-order valence-corrected chi connectivity index (χ4v) is 7.58. The molecule has 1 aliphatic heterocycles. The van der Waals surface area contributed by atoms with Crippen LogP contribution in [0.2, 0.25) is 10.0 Å². The molecule has 5 rings (SSSR count). The third kappa shape index (κ3) is 6.95. The number of hydrogen-bond donors (Lipinski definition) is 2. The third-order valence-corrected chi connectivity index (χ3v) is 10.6. The Bertz CT molecular complexity index is 1920. The smallest absolute Gasteiger partial charge is 0.264 e. The van der Waals surface area contributed by atoms with Crippen molar-refractivity contribution >= 4 is 71.9 Å². The van der Waals surface area contributed by atoms with Gasteiger partial charge in [0.1, 0.15) is 4.90 Å². The average Bonchev–Trinajstić information content (AvgIpc) is 3.02. The second kappa shape index (κ2) is 13.0. The molecule has 1 amide bonds. The van der Waals surface area contributed by atoms with Gasteiger partial charge in [0.25, 0.3) is 26.0 Å². The highest BCUT2D eigenvalue weighted by Crippen LogP contribution is 2.33. The highest BCUT2D eigenvalue weighted by atomic mass is 35.5. The summed E-state index contributed by atoms with van der Waals surface area (Å²) in [6, 6.07) is 23.0. The van der Waals surface area contributed by atoms with E-state index in [1.54, 1.807) is 54.6 Å². The maximum Gasteiger partial charge on any atom is 0.264 e. The summed E-state index contributed by atoms with van der Waals surface area (Å²) < 4.78 is 63.1. The predicted octanol–water partition coefficient (Wildman–Crippen LogP) is 5.71. The second-order valence-electron chi connectivity index (χ2n) is 9.80. The minimum absolute atomic E-state index is 0.0569. The number of hydrogen-bond acceptors (Lipinski definition) is 7. The van der Waals surface area contributed by atoms with Gasteiger partial charge in [-0.25, -0.2) is 16.8 Å². The van der Waals surface area contributed by atoms with Crippen LogP contribution in [-0.2, 0) is 24.8 Å². The number of sulfonamides is 2. The summed E-state index contributed by atoms with van der Waals surface area (Å²) >= 11 is 12.3. The lowest BCUT2D eigenvalue weighted by Gasteiger charge is -2.30. The molecular weight excluding hydrogens is 647 g/mol. The van der Waals surface area contributed by atoms with Crippen molar-refractivity contribution in [3.8, 4) is 0 Å². The summed E-state index contributed by atoms with van der Waals surface area (Å²) in [5.74, 6) is -0.631. The molecule has 0 bridgehead atoms. The van der Waals surface area contributed by atoms with Gasteiger partial charge in [0.15, 0.2) is 0 Å². The molecule has 0 saturated carbocycles. The fraction of sp³-hybridized carbons (Fsp3) is 0.167. The number of benzene rings is 4. The molecule has 4 aromatic rings. The first-order chi connectivity index (χ1) is 21.0. The van der Waals surface area contributed by atoms with E-state index in [9.17, 15) is 21.6 Å². The molecule has 0 spiro atoms. The molecule has 44 heavy (non-hydrogen) atoms. The summed E-state index contributed by atoms with van der Waals surface area (Å²) in [5, 5.41) is 3.30. The first-order valence-corrected chi connectivity index (χ1v) is 17.0. The maximum atomic E-state index is 13.7. The van der Waals surface area contributed by atoms with Crippen molar-refractivity contribution in [2.24, 2.45) is 0 Å². The Morgan fingerprint density at radius 2 is 1.59 bits per heavy atom. The highest BCUT2D eigenvalue weighted by molar-refractivity contribution is 7.93. The van der Waals surface area contributed by atoms with Crippen molar-refractivity contribution in [2.45, 2.75) is 9.79 Å². The van der Waals surface area contributed by atoms with Gasteiger partial charge < -0.3 is 15.0 Å². The van der Waals surface area contributed by atoms with Crippen molar-refractivity contribution in [1.29, 1.82) is 0 Å². The van der Waals surface area contributed by atoms with Crippen molar-refractivity contribution in [2.75, 3.05) is 52.6 Å². The fourth-order valence-electron chi connectivity index (χ4n) is 4.59. The number of carbonyl (C=O) groups excluding carboxylic acids is 1. The Morgan fingerprint density at radius 1 is 0.864 bits per heavy atom. The van der Waals surface area contributed by atoms with Crippen LogP contribution in [0.3, 0.4) is 0 Å². The molecule has 1 saturated heterocycles. The van der Waals surface area contributed by atoms with Crippen LogP contribution in [0.5, 0.6) is 0 Å². The Labute approximate surface area is 266 Å². The number of morpholine rings is 1. The molecule has 14 heteroatoms. The van der Waals surface area contributed by atoms with Crippen molar-refractivity contribution < 1.29 is 26.4 Å². The van der Waals surface area contributed by atoms with Gasteiger partial charge in [0, 0.05) is 36.4 Å². The summed E-state index contributed by atoms with van der Waals surface area (Å²) in [6.45, 7) is 1.82. The Hall–Kier alpha value is -3.81. The Balaban J connectivity index is 1.44. The van der Waals surface area contributed by atoms with Crippen molar-refractivity contribution in [3.63, 3.8) is 0 Å². The van der Waals surface area contributed by atoms with Gasteiger partial charge in [-0.05, 0) is 66.7 Å². The SMILES string of the molecule is CN(c1cccc(Cl)c1)S(=O)(=O)c1cccc(C(=O)Nc2ccc(N3CCOCC3)c(S(=O)(=O)Nc3ccccc3Cl)c2)c1. The van der Waals surface area contributed by atoms with Gasteiger partial charge in [-0.2, -0.15) is 0 Å². The van der Waals surface area contributed by atoms with Gasteiger partial charge in [-0.15, -0.1) is 0 Å². The molecule has 1 aliphatic rings. The van der Waals surface area contributed by atoms with Crippen LogP contribution in [0.1, 0.15) is 10.4 Å². The van der Waals surface area contributed by atoms with Crippen LogP contribution >= 0.6 is 23.2 Å². The van der Waals surface area contributed by atoms with E-state index in [2.05, 4.69) is 10.0 Å². The van der Waals surface area contributed by atoms with E-state index in [-0.39, 0.29) is 31.8 Å². The minimum Gasteiger partial charge on any atom is -0.378 e. The molecule has 10 nitrogen and oxygen atoms in total. The van der Waals surface area contributed by atoms with Gasteiger partial charge >= 0.3 is 0 Å². The predicted molar refractivity (Wildman–Crippen MR) is 173 cm³/mol. The Kier molecular flexibility index (Phi) is 9.37. The van der Waals surface area contributed by atoms with E-state index >= 15 is 0 Å². The van der Waals surface area contributed by atoms with E-state index < -0.39 is 26.0 Å². The quantitative estimate of drug-likeness (QED) is 0.233. The standard InChI is InChI=1S/C30H28Cl2N4O6S2/c1-35(24-8-5-7-22(31)19-24)44(40,41)25-9-4-6-21(18-25)30(37)33-23-12-13-28(36-14-16-42-17-15-36)29(20-23)43(38,39)34-27-11-3-2-10-26(27)32/h2-13,18-20,34H,14-17H2,1H3,(H,33,37). The molecule has 2 N–H and O–H groups in total. The molecule has 4 aromatic carbocycles. The zero-order valence-electron chi connectivity index (χ0n) is 23.4. The van der Waals surface area contributed by atoms with Crippen LogP contribution in [0.4, 0.5) is 22.7 Å². The first kappa shape index (κ1) is 31.6. The van der Waals surface area contributed by atoms with Crippen molar-refractivity contribution in [3.05, 3.63) is 107 Å². The molecule has 230 valence electrons. The average molecular weight is 676 g/mol. The van der Waals surface area contributed by atoms with Crippen LogP contribution < -0.4 is 19.2 Å². The van der Waals surface area contributed by atoms with Crippen LogP contribution in [0.15, 0.2) is 101 Å². The zero-order chi connectivity index (χ0) is 31.5. The number of rotatable bonds is 9. The molecule has 0 unspecified atom stereocenters. The molecule has 0 radical (unpaired) electrons. The molecule has 0 aliphatic carbocycles. The van der Waals surface area contributed by atoms with Gasteiger partial charge in [0.2, 0.25) is 0 Å². The summed E-state index contributed by atoms with van der Waals surface area (Å²) in [6.07, 6.45) is 0. The number of anilines is 4. The number of nitrogens with zero attached hydrogens (tertiary/aromatic N) is 2. The molecule has 0 aromatic heterocycles. The number of ether oxygens (including phenoxy) is 1. The van der Waals surface area contributed by atoms with E-state index in [1.165, 1.54) is 43.4 Å². The summed E-state index contributed by atoms with van der Waals surface area (Å²) in [7, 11) is -6.81. The molecule has 1 heterocycles. The monoisotopic (exact) mass is 674 g/mol. The van der Waals surface area contributed by atoms with Crippen LogP contribution in [0, 0.1) is 0 Å². The lowest BCUT2D eigenvalue weighted by Crippen LogP contribution is -2.37. The number of carbonyl (C=O) groups is 1. The topological polar surface area (TPSA) is 125 Å². The highest BCUT2D eigenvalue weighted by Gasteiger charge is 2.26. The number of nitrogens with one attached hydrogen (secondary N) is 2.